The fraction of sp³-hybridized carbons (Fsp3) is 0.364. The Bertz CT molecular complexity index is 898. The molecule has 4 rings (SSSR count). The number of anilines is 2. The third-order valence-electron chi connectivity index (χ3n) is 5.46. The monoisotopic (exact) mass is 413 g/mol. The number of morpholine rings is 2. The summed E-state index contributed by atoms with van der Waals surface area (Å²) in [5.74, 6) is -0.975. The smallest absolute Gasteiger partial charge is 0.256 e. The minimum atomic E-state index is -0.905. The molecular formula is C22H24FN3O4. The van der Waals surface area contributed by atoms with Crippen molar-refractivity contribution in [2.75, 3.05) is 50.2 Å². The van der Waals surface area contributed by atoms with Crippen LogP contribution in [0.2, 0.25) is 0 Å². The summed E-state index contributed by atoms with van der Waals surface area (Å²) in [7, 11) is 1.62. The van der Waals surface area contributed by atoms with Crippen LogP contribution in [-0.4, -0.2) is 62.8 Å². The van der Waals surface area contributed by atoms with E-state index in [2.05, 4.69) is 10.2 Å². The highest BCUT2D eigenvalue weighted by Gasteiger charge is 2.40. The van der Waals surface area contributed by atoms with E-state index in [9.17, 15) is 14.0 Å². The number of hydrogen-bond acceptors (Lipinski definition) is 5. The third kappa shape index (κ3) is 4.29. The Kier molecular flexibility index (Phi) is 5.96. The number of likely N-dealkylation sites (N-methyl/N-ethyl adjacent to an activating group) is 1. The normalized spacial score (nSPS) is 22.1. The average Bonchev–Trinajstić information content (AvgIpc) is 2.77. The molecule has 1 N–H and O–H groups in total. The van der Waals surface area contributed by atoms with E-state index in [1.165, 1.54) is 17.0 Å². The number of carbonyl (C=O) groups excluding carboxylic acids is 2. The number of halogens is 1. The maximum absolute atomic E-state index is 13.3. The Hall–Kier alpha value is -2.97. The van der Waals surface area contributed by atoms with Crippen LogP contribution in [0.15, 0.2) is 48.5 Å². The highest BCUT2D eigenvalue weighted by Crippen LogP contribution is 2.30. The molecule has 8 heteroatoms. The van der Waals surface area contributed by atoms with Gasteiger partial charge in [-0.05, 0) is 42.0 Å². The van der Waals surface area contributed by atoms with E-state index in [-0.39, 0.29) is 24.2 Å². The standard InChI is InChI=1S/C22H24FN3O4/c1-25-19(27)14-30-21(20(25)15-2-4-16(23)5-3-15)22(28)24-17-6-8-18(9-7-17)26-10-12-29-13-11-26/h2-9,20-21H,10-14H2,1H3,(H,24,28)/t20-,21+/m1/s1. The van der Waals surface area contributed by atoms with Crippen LogP contribution in [0.5, 0.6) is 0 Å². The number of amides is 2. The summed E-state index contributed by atoms with van der Waals surface area (Å²) in [5.41, 5.74) is 2.34. The second-order valence-electron chi connectivity index (χ2n) is 7.37. The SMILES string of the molecule is CN1C(=O)CO[C@H](C(=O)Nc2ccc(N3CCOCC3)cc2)[C@H]1c1ccc(F)cc1. The van der Waals surface area contributed by atoms with Gasteiger partial charge < -0.3 is 24.6 Å². The van der Waals surface area contributed by atoms with E-state index in [0.717, 1.165) is 18.8 Å². The van der Waals surface area contributed by atoms with Gasteiger partial charge in [-0.25, -0.2) is 4.39 Å². The molecule has 7 nitrogen and oxygen atoms in total. The van der Waals surface area contributed by atoms with Crippen LogP contribution >= 0.6 is 0 Å². The van der Waals surface area contributed by atoms with Gasteiger partial charge in [0, 0.05) is 31.5 Å². The van der Waals surface area contributed by atoms with Crippen molar-refractivity contribution in [3.8, 4) is 0 Å². The molecule has 0 bridgehead atoms. The molecule has 30 heavy (non-hydrogen) atoms. The van der Waals surface area contributed by atoms with Crippen molar-refractivity contribution in [1.29, 1.82) is 0 Å². The molecule has 2 aliphatic heterocycles. The number of rotatable bonds is 4. The zero-order valence-electron chi connectivity index (χ0n) is 16.7. The fourth-order valence-electron chi connectivity index (χ4n) is 3.78. The molecule has 0 radical (unpaired) electrons. The molecule has 0 aromatic heterocycles. The minimum Gasteiger partial charge on any atom is -0.378 e. The van der Waals surface area contributed by atoms with Crippen LogP contribution in [0.25, 0.3) is 0 Å². The average molecular weight is 413 g/mol. The van der Waals surface area contributed by atoms with Gasteiger partial charge in [-0.1, -0.05) is 12.1 Å². The topological polar surface area (TPSA) is 71.1 Å². The molecule has 2 amide bonds. The molecule has 0 aliphatic carbocycles. The van der Waals surface area contributed by atoms with Gasteiger partial charge in [0.2, 0.25) is 5.91 Å². The maximum atomic E-state index is 13.3. The van der Waals surface area contributed by atoms with Gasteiger partial charge in [0.15, 0.2) is 6.10 Å². The van der Waals surface area contributed by atoms with Crippen molar-refractivity contribution in [3.63, 3.8) is 0 Å². The summed E-state index contributed by atoms with van der Waals surface area (Å²) >= 11 is 0. The quantitative estimate of drug-likeness (QED) is 0.832. The molecule has 2 heterocycles. The number of nitrogens with one attached hydrogen (secondary N) is 1. The summed E-state index contributed by atoms with van der Waals surface area (Å²) in [5, 5.41) is 2.87. The molecule has 2 aromatic rings. The van der Waals surface area contributed by atoms with E-state index in [1.54, 1.807) is 19.2 Å². The lowest BCUT2D eigenvalue weighted by Crippen LogP contribution is -2.51. The van der Waals surface area contributed by atoms with Crippen LogP contribution in [0, 0.1) is 5.82 Å². The maximum Gasteiger partial charge on any atom is 0.256 e. The minimum absolute atomic E-state index is 0.178. The Balaban J connectivity index is 1.49. The molecular weight excluding hydrogens is 389 g/mol. The first kappa shape index (κ1) is 20.3. The second-order valence-corrected chi connectivity index (χ2v) is 7.37. The summed E-state index contributed by atoms with van der Waals surface area (Å²) in [6, 6.07) is 12.7. The predicted octanol–water partition coefficient (Wildman–Crippen LogP) is 2.20. The largest absolute Gasteiger partial charge is 0.378 e. The zero-order valence-corrected chi connectivity index (χ0v) is 16.7. The van der Waals surface area contributed by atoms with Crippen molar-refractivity contribution in [2.45, 2.75) is 12.1 Å². The Morgan fingerprint density at radius 3 is 2.40 bits per heavy atom. The molecule has 0 spiro atoms. The van der Waals surface area contributed by atoms with E-state index in [0.29, 0.717) is 24.5 Å². The summed E-state index contributed by atoms with van der Waals surface area (Å²) in [4.78, 5) is 28.8. The first-order valence-electron chi connectivity index (χ1n) is 9.89. The molecule has 2 aromatic carbocycles. The van der Waals surface area contributed by atoms with Gasteiger partial charge >= 0.3 is 0 Å². The molecule has 2 fully saturated rings. The molecule has 0 unspecified atom stereocenters. The highest BCUT2D eigenvalue weighted by atomic mass is 19.1. The van der Waals surface area contributed by atoms with Crippen molar-refractivity contribution in [2.24, 2.45) is 0 Å². The molecule has 0 saturated carbocycles. The van der Waals surface area contributed by atoms with Gasteiger partial charge in [-0.3, -0.25) is 9.59 Å². The third-order valence-corrected chi connectivity index (χ3v) is 5.46. The van der Waals surface area contributed by atoms with Gasteiger partial charge in [0.05, 0.1) is 19.3 Å². The number of hydrogen-bond donors (Lipinski definition) is 1. The number of nitrogens with zero attached hydrogens (tertiary/aromatic N) is 2. The van der Waals surface area contributed by atoms with Crippen LogP contribution < -0.4 is 10.2 Å². The summed E-state index contributed by atoms with van der Waals surface area (Å²) < 4.78 is 24.3. The van der Waals surface area contributed by atoms with Crippen LogP contribution in [0.1, 0.15) is 11.6 Å². The predicted molar refractivity (Wildman–Crippen MR) is 110 cm³/mol. The van der Waals surface area contributed by atoms with Gasteiger partial charge in [-0.2, -0.15) is 0 Å². The van der Waals surface area contributed by atoms with Gasteiger partial charge in [0.25, 0.3) is 5.91 Å². The Morgan fingerprint density at radius 1 is 1.07 bits per heavy atom. The van der Waals surface area contributed by atoms with Crippen LogP contribution in [-0.2, 0) is 19.1 Å². The molecule has 2 saturated heterocycles. The lowest BCUT2D eigenvalue weighted by Gasteiger charge is -2.38. The van der Waals surface area contributed by atoms with Crippen molar-refractivity contribution in [3.05, 3.63) is 59.9 Å². The molecule has 2 aliphatic rings. The molecule has 2 atom stereocenters. The van der Waals surface area contributed by atoms with Crippen molar-refractivity contribution in [1.82, 2.24) is 4.90 Å². The summed E-state index contributed by atoms with van der Waals surface area (Å²) in [6.45, 7) is 2.90. The zero-order chi connectivity index (χ0) is 21.1. The van der Waals surface area contributed by atoms with Gasteiger partial charge in [-0.15, -0.1) is 0 Å². The first-order valence-corrected chi connectivity index (χ1v) is 9.89. The molecule has 158 valence electrons. The fourth-order valence-corrected chi connectivity index (χ4v) is 3.78. The summed E-state index contributed by atoms with van der Waals surface area (Å²) in [6.07, 6.45) is -0.905. The van der Waals surface area contributed by atoms with E-state index in [4.69, 9.17) is 9.47 Å². The number of carbonyl (C=O) groups is 2. The lowest BCUT2D eigenvalue weighted by atomic mass is 9.97. The first-order chi connectivity index (χ1) is 14.5. The van der Waals surface area contributed by atoms with E-state index < -0.39 is 12.1 Å². The number of ether oxygens (including phenoxy) is 2. The second kappa shape index (κ2) is 8.81. The van der Waals surface area contributed by atoms with Gasteiger partial charge in [0.1, 0.15) is 12.4 Å². The van der Waals surface area contributed by atoms with Crippen molar-refractivity contribution >= 4 is 23.2 Å². The number of benzene rings is 2. The lowest BCUT2D eigenvalue weighted by molar-refractivity contribution is -0.160. The highest BCUT2D eigenvalue weighted by molar-refractivity contribution is 5.96. The van der Waals surface area contributed by atoms with E-state index in [1.807, 2.05) is 24.3 Å². The van der Waals surface area contributed by atoms with Crippen LogP contribution in [0.3, 0.4) is 0 Å². The Morgan fingerprint density at radius 2 is 1.73 bits per heavy atom. The van der Waals surface area contributed by atoms with Crippen LogP contribution in [0.4, 0.5) is 15.8 Å². The van der Waals surface area contributed by atoms with E-state index >= 15 is 0 Å². The van der Waals surface area contributed by atoms with Crippen molar-refractivity contribution < 1.29 is 23.5 Å². The Labute approximate surface area is 174 Å².